The second-order valence-corrected chi connectivity index (χ2v) is 5.60. The van der Waals surface area contributed by atoms with Gasteiger partial charge in [-0.1, -0.05) is 0 Å². The summed E-state index contributed by atoms with van der Waals surface area (Å²) in [5, 5.41) is 3.50. The van der Waals surface area contributed by atoms with Gasteiger partial charge in [-0.05, 0) is 23.6 Å². The van der Waals surface area contributed by atoms with Crippen LogP contribution >= 0.6 is 11.3 Å². The molecule has 0 spiro atoms. The van der Waals surface area contributed by atoms with E-state index in [0.29, 0.717) is 11.5 Å². The fourth-order valence-corrected chi connectivity index (χ4v) is 2.82. The second kappa shape index (κ2) is 4.70. The number of anilines is 2. The van der Waals surface area contributed by atoms with Gasteiger partial charge in [0.15, 0.2) is 0 Å². The molecule has 6 nitrogen and oxygen atoms in total. The van der Waals surface area contributed by atoms with Crippen LogP contribution in [-0.4, -0.2) is 13.4 Å². The van der Waals surface area contributed by atoms with E-state index in [1.807, 2.05) is 0 Å². The number of hydrogen-bond acceptors (Lipinski definition) is 6. The number of rotatable bonds is 4. The predicted molar refractivity (Wildman–Crippen MR) is 67.2 cm³/mol. The topological polar surface area (TPSA) is 97.1 Å². The third-order valence-electron chi connectivity index (χ3n) is 1.97. The Bertz CT molecular complexity index is 578. The first-order valence-corrected chi connectivity index (χ1v) is 7.02. The van der Waals surface area contributed by atoms with E-state index in [1.165, 1.54) is 29.7 Å². The molecule has 90 valence electrons. The van der Waals surface area contributed by atoms with Crippen molar-refractivity contribution >= 4 is 32.9 Å². The molecule has 0 amide bonds. The van der Waals surface area contributed by atoms with Gasteiger partial charge in [0.1, 0.15) is 10.7 Å². The minimum Gasteiger partial charge on any atom is -0.308 e. The Balaban J connectivity index is 2.25. The van der Waals surface area contributed by atoms with Crippen molar-refractivity contribution in [2.24, 2.45) is 5.84 Å². The van der Waals surface area contributed by atoms with Gasteiger partial charge in [-0.25, -0.2) is 19.2 Å². The summed E-state index contributed by atoms with van der Waals surface area (Å²) in [6.45, 7) is 0. The third kappa shape index (κ3) is 2.73. The minimum absolute atomic E-state index is 0.0858. The molecule has 2 aromatic heterocycles. The number of nitrogen functional groups attached to an aromatic ring is 1. The van der Waals surface area contributed by atoms with Crippen molar-refractivity contribution in [2.75, 3.05) is 10.1 Å². The summed E-state index contributed by atoms with van der Waals surface area (Å²) in [6.07, 6.45) is 1.24. The molecule has 0 radical (unpaired) electrons. The Hall–Kier alpha value is -1.64. The van der Waals surface area contributed by atoms with E-state index in [0.717, 1.165) is 0 Å². The lowest BCUT2D eigenvalue weighted by atomic mass is 10.5. The molecule has 8 heteroatoms. The van der Waals surface area contributed by atoms with Gasteiger partial charge >= 0.3 is 0 Å². The molecular weight excluding hydrogens is 260 g/mol. The van der Waals surface area contributed by atoms with Crippen LogP contribution in [-0.2, 0) is 10.0 Å². The van der Waals surface area contributed by atoms with Crippen LogP contribution in [0.15, 0.2) is 40.1 Å². The van der Waals surface area contributed by atoms with Crippen molar-refractivity contribution in [3.8, 4) is 0 Å². The van der Waals surface area contributed by atoms with Crippen molar-refractivity contribution in [3.05, 3.63) is 35.2 Å². The van der Waals surface area contributed by atoms with Gasteiger partial charge in [0, 0.05) is 11.6 Å². The lowest BCUT2D eigenvalue weighted by molar-refractivity contribution is 0.601. The molecule has 0 aliphatic heterocycles. The van der Waals surface area contributed by atoms with Crippen LogP contribution in [0.3, 0.4) is 0 Å². The van der Waals surface area contributed by atoms with E-state index in [1.54, 1.807) is 16.8 Å². The van der Waals surface area contributed by atoms with Crippen molar-refractivity contribution in [3.63, 3.8) is 0 Å². The average molecular weight is 270 g/mol. The minimum atomic E-state index is -3.58. The van der Waals surface area contributed by atoms with Crippen LogP contribution in [0, 0.1) is 0 Å². The number of nitrogens with one attached hydrogen (secondary N) is 2. The SMILES string of the molecule is NNc1ccc(S(=O)(=O)Nc2ccsc2)cn1. The summed E-state index contributed by atoms with van der Waals surface area (Å²) in [7, 11) is -3.58. The van der Waals surface area contributed by atoms with E-state index < -0.39 is 10.0 Å². The molecule has 0 aliphatic carbocycles. The van der Waals surface area contributed by atoms with Gasteiger partial charge < -0.3 is 5.43 Å². The maximum Gasteiger partial charge on any atom is 0.263 e. The number of thiophene rings is 1. The highest BCUT2D eigenvalue weighted by Crippen LogP contribution is 2.18. The molecule has 0 fully saturated rings. The number of aromatic nitrogens is 1. The summed E-state index contributed by atoms with van der Waals surface area (Å²) in [5.41, 5.74) is 2.86. The number of nitrogens with zero attached hydrogens (tertiary/aromatic N) is 1. The quantitative estimate of drug-likeness (QED) is 0.573. The zero-order valence-corrected chi connectivity index (χ0v) is 10.3. The number of hydrazine groups is 1. The summed E-state index contributed by atoms with van der Waals surface area (Å²) < 4.78 is 26.2. The van der Waals surface area contributed by atoms with Crippen molar-refractivity contribution < 1.29 is 8.42 Å². The molecule has 0 saturated heterocycles. The first-order valence-electron chi connectivity index (χ1n) is 4.59. The molecule has 2 heterocycles. The molecule has 2 aromatic rings. The van der Waals surface area contributed by atoms with E-state index in [4.69, 9.17) is 5.84 Å². The number of hydrogen-bond donors (Lipinski definition) is 3. The normalized spacial score (nSPS) is 11.1. The lowest BCUT2D eigenvalue weighted by Crippen LogP contribution is -2.14. The Morgan fingerprint density at radius 2 is 2.12 bits per heavy atom. The first kappa shape index (κ1) is 11.8. The highest BCUT2D eigenvalue weighted by molar-refractivity contribution is 7.92. The fraction of sp³-hybridized carbons (Fsp3) is 0. The summed E-state index contributed by atoms with van der Waals surface area (Å²) in [4.78, 5) is 3.93. The predicted octanol–water partition coefficient (Wildman–Crippen LogP) is 1.23. The zero-order chi connectivity index (χ0) is 12.3. The molecule has 0 saturated carbocycles. The summed E-state index contributed by atoms with van der Waals surface area (Å²) in [6, 6.07) is 4.60. The second-order valence-electron chi connectivity index (χ2n) is 3.14. The molecule has 0 aromatic carbocycles. The highest BCUT2D eigenvalue weighted by atomic mass is 32.2. The van der Waals surface area contributed by atoms with Crippen LogP contribution in [0.4, 0.5) is 11.5 Å². The van der Waals surface area contributed by atoms with E-state index in [2.05, 4.69) is 15.1 Å². The Labute approximate surface area is 103 Å². The highest BCUT2D eigenvalue weighted by Gasteiger charge is 2.14. The molecular formula is C9H10N4O2S2. The molecule has 0 aliphatic rings. The van der Waals surface area contributed by atoms with Crippen LogP contribution in [0.25, 0.3) is 0 Å². The van der Waals surface area contributed by atoms with Gasteiger partial charge in [0.2, 0.25) is 0 Å². The third-order valence-corrected chi connectivity index (χ3v) is 4.02. The van der Waals surface area contributed by atoms with Gasteiger partial charge in [-0.3, -0.25) is 4.72 Å². The Morgan fingerprint density at radius 1 is 1.29 bits per heavy atom. The monoisotopic (exact) mass is 270 g/mol. The molecule has 2 rings (SSSR count). The van der Waals surface area contributed by atoms with Gasteiger partial charge in [-0.15, -0.1) is 0 Å². The van der Waals surface area contributed by atoms with Gasteiger partial charge in [-0.2, -0.15) is 11.3 Å². The standard InChI is InChI=1S/C9H10N4O2S2/c10-12-9-2-1-8(5-11-9)17(14,15)13-7-3-4-16-6-7/h1-6,13H,10H2,(H,11,12). The Kier molecular flexibility index (Phi) is 3.27. The molecule has 0 atom stereocenters. The largest absolute Gasteiger partial charge is 0.308 e. The molecule has 0 bridgehead atoms. The molecule has 0 unspecified atom stereocenters. The summed E-state index contributed by atoms with van der Waals surface area (Å²) in [5.74, 6) is 5.54. The molecule has 17 heavy (non-hydrogen) atoms. The van der Waals surface area contributed by atoms with Gasteiger partial charge in [0.05, 0.1) is 5.69 Å². The molecule has 4 N–H and O–H groups in total. The van der Waals surface area contributed by atoms with Crippen LogP contribution < -0.4 is 16.0 Å². The van der Waals surface area contributed by atoms with E-state index in [9.17, 15) is 8.42 Å². The number of pyridine rings is 1. The van der Waals surface area contributed by atoms with Crippen LogP contribution in [0.1, 0.15) is 0 Å². The van der Waals surface area contributed by atoms with E-state index >= 15 is 0 Å². The van der Waals surface area contributed by atoms with E-state index in [-0.39, 0.29) is 4.90 Å². The maximum atomic E-state index is 11.9. The zero-order valence-electron chi connectivity index (χ0n) is 8.62. The number of nitrogens with two attached hydrogens (primary N) is 1. The average Bonchev–Trinajstić information content (AvgIpc) is 2.81. The first-order chi connectivity index (χ1) is 8.12. The Morgan fingerprint density at radius 3 is 2.65 bits per heavy atom. The van der Waals surface area contributed by atoms with Gasteiger partial charge in [0.25, 0.3) is 10.0 Å². The van der Waals surface area contributed by atoms with Crippen LogP contribution in [0.2, 0.25) is 0 Å². The maximum absolute atomic E-state index is 11.9. The van der Waals surface area contributed by atoms with Crippen molar-refractivity contribution in [2.45, 2.75) is 4.90 Å². The fourth-order valence-electron chi connectivity index (χ4n) is 1.16. The van der Waals surface area contributed by atoms with Crippen LogP contribution in [0.5, 0.6) is 0 Å². The lowest BCUT2D eigenvalue weighted by Gasteiger charge is -2.06. The number of sulfonamides is 1. The smallest absolute Gasteiger partial charge is 0.263 e. The summed E-state index contributed by atoms with van der Waals surface area (Å²) >= 11 is 1.41. The van der Waals surface area contributed by atoms with Crippen molar-refractivity contribution in [1.29, 1.82) is 0 Å². The van der Waals surface area contributed by atoms with Crippen molar-refractivity contribution in [1.82, 2.24) is 4.98 Å².